The monoisotopic (exact) mass is 447 g/mol. The average Bonchev–Trinajstić information content (AvgIpc) is 2.73. The molecule has 0 radical (unpaired) electrons. The molecule has 1 amide bonds. The van der Waals surface area contributed by atoms with Crippen molar-refractivity contribution in [3.63, 3.8) is 0 Å². The van der Waals surface area contributed by atoms with Crippen LogP contribution in [0.1, 0.15) is 46.6 Å². The highest BCUT2D eigenvalue weighted by molar-refractivity contribution is 5.85. The summed E-state index contributed by atoms with van der Waals surface area (Å²) in [6, 6.07) is 6.61. The molecule has 0 saturated heterocycles. The lowest BCUT2D eigenvalue weighted by molar-refractivity contribution is -0.329. The molecule has 0 fully saturated rings. The van der Waals surface area contributed by atoms with Crippen LogP contribution in [0.3, 0.4) is 0 Å². The Kier molecular flexibility index (Phi) is 8.06. The predicted molar refractivity (Wildman–Crippen MR) is 121 cm³/mol. The van der Waals surface area contributed by atoms with Crippen molar-refractivity contribution >= 4 is 11.9 Å². The van der Waals surface area contributed by atoms with Gasteiger partial charge in [0.2, 0.25) is 0 Å². The van der Waals surface area contributed by atoms with Gasteiger partial charge in [0.1, 0.15) is 29.5 Å². The van der Waals surface area contributed by atoms with Crippen LogP contribution >= 0.6 is 0 Å². The average molecular weight is 448 g/mol. The maximum absolute atomic E-state index is 11.4. The van der Waals surface area contributed by atoms with Crippen LogP contribution in [0.25, 0.3) is 11.1 Å². The van der Waals surface area contributed by atoms with Crippen molar-refractivity contribution in [2.45, 2.75) is 59.2 Å². The molecule has 0 aliphatic carbocycles. The number of hydrogen-bond acceptors (Lipinski definition) is 8. The largest absolute Gasteiger partial charge is 0.488 e. The zero-order chi connectivity index (χ0) is 24.1. The second-order valence-corrected chi connectivity index (χ2v) is 8.02. The maximum Gasteiger partial charge on any atom is 0.412 e. The van der Waals surface area contributed by atoms with Crippen molar-refractivity contribution in [3.05, 3.63) is 36.0 Å². The van der Waals surface area contributed by atoms with E-state index in [9.17, 15) is 15.0 Å². The third-order valence-corrected chi connectivity index (χ3v) is 4.86. The molecular formula is C23H33N3O6. The molecule has 1 unspecified atom stereocenters. The number of pyridine rings is 1. The van der Waals surface area contributed by atoms with E-state index in [-0.39, 0.29) is 18.3 Å². The Labute approximate surface area is 188 Å². The number of carbonyl (C=O) groups is 1. The molecule has 32 heavy (non-hydrogen) atoms. The highest BCUT2D eigenvalue weighted by Gasteiger charge is 2.46. The summed E-state index contributed by atoms with van der Waals surface area (Å²) < 4.78 is 15.8. The zero-order valence-corrected chi connectivity index (χ0v) is 19.4. The molecule has 1 aromatic heterocycles. The molecule has 1 aromatic carbocycles. The minimum atomic E-state index is -2.57. The molecule has 2 aromatic rings. The second-order valence-electron chi connectivity index (χ2n) is 8.02. The van der Waals surface area contributed by atoms with E-state index >= 15 is 0 Å². The van der Waals surface area contributed by atoms with Crippen LogP contribution in [-0.2, 0) is 11.3 Å². The summed E-state index contributed by atoms with van der Waals surface area (Å²) in [6.45, 7) is 9.66. The Bertz CT molecular complexity index is 943. The highest BCUT2D eigenvalue weighted by atomic mass is 16.8. The van der Waals surface area contributed by atoms with E-state index in [2.05, 4.69) is 15.0 Å². The van der Waals surface area contributed by atoms with Crippen molar-refractivity contribution < 1.29 is 29.2 Å². The van der Waals surface area contributed by atoms with E-state index in [4.69, 9.17) is 15.2 Å². The first kappa shape index (κ1) is 25.4. The zero-order valence-electron chi connectivity index (χ0n) is 19.4. The topological polar surface area (TPSA) is 136 Å². The molecular weight excluding hydrogens is 414 g/mol. The molecule has 1 aliphatic rings. The molecule has 1 aliphatic heterocycles. The van der Waals surface area contributed by atoms with Gasteiger partial charge in [-0.2, -0.15) is 0 Å². The van der Waals surface area contributed by atoms with E-state index in [1.807, 2.05) is 27.7 Å². The third-order valence-electron chi connectivity index (χ3n) is 4.86. The first-order valence-electron chi connectivity index (χ1n) is 10.6. The third kappa shape index (κ3) is 5.67. The molecule has 3 rings (SSSR count). The van der Waals surface area contributed by atoms with Gasteiger partial charge in [-0.05, 0) is 43.0 Å². The van der Waals surface area contributed by atoms with Gasteiger partial charge in [-0.15, -0.1) is 0 Å². The van der Waals surface area contributed by atoms with Gasteiger partial charge in [0.05, 0.1) is 7.11 Å². The summed E-state index contributed by atoms with van der Waals surface area (Å²) in [6.07, 6.45) is 1.34. The number of amides is 1. The van der Waals surface area contributed by atoms with Crippen molar-refractivity contribution in [3.8, 4) is 22.6 Å². The number of aromatic nitrogens is 1. The number of methoxy groups -OCH3 is 1. The molecule has 9 heteroatoms. The number of carbonyl (C=O) groups excluding carboxylic acids is 1. The number of benzene rings is 1. The van der Waals surface area contributed by atoms with E-state index in [0.717, 1.165) is 16.7 Å². The van der Waals surface area contributed by atoms with E-state index < -0.39 is 17.6 Å². The summed E-state index contributed by atoms with van der Waals surface area (Å²) in [7, 11) is 1.27. The molecule has 9 nitrogen and oxygen atoms in total. The lowest BCUT2D eigenvalue weighted by Crippen LogP contribution is -2.62. The van der Waals surface area contributed by atoms with Gasteiger partial charge in [0.15, 0.2) is 0 Å². The minimum Gasteiger partial charge on any atom is -0.488 e. The fourth-order valence-corrected chi connectivity index (χ4v) is 3.40. The number of aliphatic hydroxyl groups is 2. The fourth-order valence-electron chi connectivity index (χ4n) is 3.40. The maximum atomic E-state index is 11.4. The quantitative estimate of drug-likeness (QED) is 0.493. The molecule has 5 N–H and O–H groups in total. The summed E-state index contributed by atoms with van der Waals surface area (Å²) >= 11 is 0. The molecule has 0 spiro atoms. The SMILES string of the molecule is CC.COC(=O)Nc1cc2c(cn1)COc1cc(OC(O)(O)C(C)(N)CC(C)C)ccc1-2. The summed E-state index contributed by atoms with van der Waals surface area (Å²) in [5, 5.41) is 23.4. The van der Waals surface area contributed by atoms with Crippen LogP contribution in [-0.4, -0.2) is 39.9 Å². The number of anilines is 1. The molecule has 176 valence electrons. The van der Waals surface area contributed by atoms with Crippen molar-refractivity contribution in [2.24, 2.45) is 11.7 Å². The number of nitrogens with two attached hydrogens (primary N) is 1. The predicted octanol–water partition coefficient (Wildman–Crippen LogP) is 3.63. The Morgan fingerprint density at radius 1 is 1.28 bits per heavy atom. The van der Waals surface area contributed by atoms with Gasteiger partial charge < -0.3 is 30.2 Å². The van der Waals surface area contributed by atoms with Crippen LogP contribution in [0, 0.1) is 5.92 Å². The lowest BCUT2D eigenvalue weighted by atomic mass is 9.89. The molecule has 0 bridgehead atoms. The van der Waals surface area contributed by atoms with Crippen LogP contribution in [0.15, 0.2) is 30.5 Å². The van der Waals surface area contributed by atoms with Gasteiger partial charge in [-0.1, -0.05) is 27.7 Å². The Morgan fingerprint density at radius 3 is 2.59 bits per heavy atom. The number of ether oxygens (including phenoxy) is 3. The smallest absolute Gasteiger partial charge is 0.412 e. The van der Waals surface area contributed by atoms with E-state index in [0.29, 0.717) is 18.0 Å². The first-order chi connectivity index (χ1) is 15.0. The van der Waals surface area contributed by atoms with Gasteiger partial charge in [-0.25, -0.2) is 9.78 Å². The summed E-state index contributed by atoms with van der Waals surface area (Å²) in [5.74, 6) is -1.39. The van der Waals surface area contributed by atoms with Gasteiger partial charge in [0, 0.05) is 23.4 Å². The van der Waals surface area contributed by atoms with Gasteiger partial charge in [-0.3, -0.25) is 5.32 Å². The second kappa shape index (κ2) is 10.2. The number of rotatable bonds is 6. The Morgan fingerprint density at radius 2 is 1.97 bits per heavy atom. The van der Waals surface area contributed by atoms with Crippen LogP contribution < -0.4 is 20.5 Å². The van der Waals surface area contributed by atoms with Crippen LogP contribution in [0.5, 0.6) is 11.5 Å². The number of fused-ring (bicyclic) bond motifs is 3. The van der Waals surface area contributed by atoms with Gasteiger partial charge >= 0.3 is 12.1 Å². The number of nitrogens with one attached hydrogen (secondary N) is 1. The van der Waals surface area contributed by atoms with E-state index in [1.165, 1.54) is 14.0 Å². The Balaban J connectivity index is 0.00000176. The molecule has 1 atom stereocenters. The van der Waals surface area contributed by atoms with Crippen molar-refractivity contribution in [2.75, 3.05) is 12.4 Å². The van der Waals surface area contributed by atoms with Crippen molar-refractivity contribution in [1.82, 2.24) is 4.98 Å². The minimum absolute atomic E-state index is 0.145. The van der Waals surface area contributed by atoms with Crippen LogP contribution in [0.2, 0.25) is 0 Å². The summed E-state index contributed by atoms with van der Waals surface area (Å²) in [4.78, 5) is 15.6. The lowest BCUT2D eigenvalue weighted by Gasteiger charge is -2.38. The van der Waals surface area contributed by atoms with E-state index in [1.54, 1.807) is 30.5 Å². The fraction of sp³-hybridized carbons (Fsp3) is 0.478. The highest BCUT2D eigenvalue weighted by Crippen LogP contribution is 2.41. The summed E-state index contributed by atoms with van der Waals surface area (Å²) in [5.41, 5.74) is 7.14. The van der Waals surface area contributed by atoms with Crippen molar-refractivity contribution in [1.29, 1.82) is 0 Å². The molecule has 2 heterocycles. The normalized spacial score (nSPS) is 14.1. The Hall–Kier alpha value is -2.88. The van der Waals surface area contributed by atoms with Gasteiger partial charge in [0.25, 0.3) is 0 Å². The number of nitrogens with zero attached hydrogens (tertiary/aromatic N) is 1. The number of hydrogen-bond donors (Lipinski definition) is 4. The first-order valence-corrected chi connectivity index (χ1v) is 10.6. The van der Waals surface area contributed by atoms with Crippen LogP contribution in [0.4, 0.5) is 10.6 Å². The standard InChI is InChI=1S/C21H27N3O6.C2H6/c1-12(2)9-20(3,22)21(26,27)30-14-5-6-15-16-8-18(24-19(25)28-4)23-10-13(16)11-29-17(15)7-14;1-2/h5-8,10,12,26-27H,9,11,22H2,1-4H3,(H,23,24,25);1-2H3. The molecule has 0 saturated carbocycles.